The van der Waals surface area contributed by atoms with E-state index in [4.69, 9.17) is 28.9 Å². The molecule has 4 rings (SSSR count). The lowest BCUT2D eigenvalue weighted by Gasteiger charge is -2.33. The van der Waals surface area contributed by atoms with Crippen LogP contribution in [-0.4, -0.2) is 35.2 Å². The van der Waals surface area contributed by atoms with Gasteiger partial charge in [-0.1, -0.05) is 80.1 Å². The maximum absolute atomic E-state index is 13.7. The summed E-state index contributed by atoms with van der Waals surface area (Å²) in [6.45, 7) is 3.06. The summed E-state index contributed by atoms with van der Waals surface area (Å²) in [6.07, 6.45) is 7.64. The third-order valence-corrected chi connectivity index (χ3v) is 8.79. The Kier molecular flexibility index (Phi) is 10.3. The number of nitrogens with one attached hydrogen (secondary N) is 1. The Labute approximate surface area is 241 Å². The smallest absolute Gasteiger partial charge is 0.245 e. The number of carbonyl (C=O) groups is 3. The van der Waals surface area contributed by atoms with Crippen molar-refractivity contribution in [3.05, 3.63) is 58.1 Å². The summed E-state index contributed by atoms with van der Waals surface area (Å²) in [6, 6.07) is 12.8. The minimum absolute atomic E-state index is 0.0794. The van der Waals surface area contributed by atoms with Gasteiger partial charge in [0.1, 0.15) is 6.04 Å². The second-order valence-electron chi connectivity index (χ2n) is 11.1. The highest BCUT2D eigenvalue weighted by Gasteiger charge is 2.37. The van der Waals surface area contributed by atoms with Gasteiger partial charge in [-0.2, -0.15) is 0 Å². The summed E-state index contributed by atoms with van der Waals surface area (Å²) in [7, 11) is 0. The topological polar surface area (TPSA) is 92.5 Å². The number of rotatable bonds is 11. The first-order valence-corrected chi connectivity index (χ1v) is 14.9. The number of hydrogen-bond acceptors (Lipinski definition) is 3. The lowest BCUT2D eigenvalue weighted by atomic mass is 9.74. The molecule has 1 heterocycles. The van der Waals surface area contributed by atoms with E-state index < -0.39 is 23.8 Å². The van der Waals surface area contributed by atoms with Crippen molar-refractivity contribution >= 4 is 40.9 Å². The zero-order valence-electron chi connectivity index (χ0n) is 22.6. The number of amides is 3. The van der Waals surface area contributed by atoms with Gasteiger partial charge in [0.25, 0.3) is 0 Å². The highest BCUT2D eigenvalue weighted by Crippen LogP contribution is 2.36. The molecule has 0 unspecified atom stereocenters. The molecule has 0 radical (unpaired) electrons. The second-order valence-corrected chi connectivity index (χ2v) is 11.9. The first kappa shape index (κ1) is 29.4. The van der Waals surface area contributed by atoms with Crippen LogP contribution in [0.1, 0.15) is 70.3 Å². The zero-order valence-corrected chi connectivity index (χ0v) is 24.1. The third-order valence-electron chi connectivity index (χ3n) is 8.24. The molecule has 39 heavy (non-hydrogen) atoms. The van der Waals surface area contributed by atoms with Crippen molar-refractivity contribution in [1.82, 2.24) is 10.2 Å². The molecule has 3 atom stereocenters. The van der Waals surface area contributed by atoms with Gasteiger partial charge in [-0.3, -0.25) is 14.4 Å². The average molecular weight is 573 g/mol. The number of primary amides is 1. The lowest BCUT2D eigenvalue weighted by molar-refractivity contribution is -0.139. The Morgan fingerprint density at radius 1 is 1.05 bits per heavy atom. The van der Waals surface area contributed by atoms with E-state index in [2.05, 4.69) is 5.32 Å². The van der Waals surface area contributed by atoms with Crippen LogP contribution in [0.5, 0.6) is 0 Å². The Hall–Kier alpha value is -2.57. The molecule has 1 saturated carbocycles. The van der Waals surface area contributed by atoms with E-state index in [-0.39, 0.29) is 11.8 Å². The van der Waals surface area contributed by atoms with E-state index in [1.165, 1.54) is 0 Å². The van der Waals surface area contributed by atoms with Crippen molar-refractivity contribution in [1.29, 1.82) is 0 Å². The van der Waals surface area contributed by atoms with Crippen LogP contribution in [-0.2, 0) is 20.9 Å². The molecule has 1 aliphatic heterocycles. The summed E-state index contributed by atoms with van der Waals surface area (Å²) in [5, 5.41) is 4.20. The molecule has 0 bridgehead atoms. The number of benzene rings is 2. The summed E-state index contributed by atoms with van der Waals surface area (Å²) < 4.78 is 0. The van der Waals surface area contributed by atoms with Crippen molar-refractivity contribution in [3.63, 3.8) is 0 Å². The van der Waals surface area contributed by atoms with E-state index in [9.17, 15) is 14.4 Å². The summed E-state index contributed by atoms with van der Waals surface area (Å²) in [4.78, 5) is 41.4. The quantitative estimate of drug-likeness (QED) is 0.328. The van der Waals surface area contributed by atoms with Crippen LogP contribution >= 0.6 is 23.2 Å². The molecule has 2 aliphatic rings. The number of likely N-dealkylation sites (tertiary alicyclic amines) is 1. The van der Waals surface area contributed by atoms with Crippen molar-refractivity contribution in [3.8, 4) is 11.1 Å². The SMILES string of the molecule is CCC[C@H](C(N)=O)[C@@H](CC1CCC1)C(=O)N[C@H]1CCCCN(Cc2cccc(-c3ccc(Cl)cc3Cl)c2)C1=O. The molecule has 2 aromatic rings. The Balaban J connectivity index is 1.48. The van der Waals surface area contributed by atoms with E-state index in [0.717, 1.165) is 55.2 Å². The number of hydrogen-bond donors (Lipinski definition) is 2. The predicted octanol–water partition coefficient (Wildman–Crippen LogP) is 6.37. The fourth-order valence-corrected chi connectivity index (χ4v) is 6.37. The maximum atomic E-state index is 13.7. The van der Waals surface area contributed by atoms with Crippen LogP contribution in [0.25, 0.3) is 11.1 Å². The fraction of sp³-hybridized carbons (Fsp3) is 0.516. The largest absolute Gasteiger partial charge is 0.369 e. The summed E-state index contributed by atoms with van der Waals surface area (Å²) >= 11 is 12.5. The number of carbonyl (C=O) groups excluding carboxylic acids is 3. The average Bonchev–Trinajstić information content (AvgIpc) is 3.03. The Bertz CT molecular complexity index is 1180. The molecule has 2 aromatic carbocycles. The van der Waals surface area contributed by atoms with Crippen LogP contribution in [0, 0.1) is 17.8 Å². The van der Waals surface area contributed by atoms with Crippen molar-refractivity contribution in [2.45, 2.75) is 77.3 Å². The van der Waals surface area contributed by atoms with Crippen LogP contribution in [0.4, 0.5) is 0 Å². The monoisotopic (exact) mass is 571 g/mol. The summed E-state index contributed by atoms with van der Waals surface area (Å²) in [5.74, 6) is -1.26. The van der Waals surface area contributed by atoms with Gasteiger partial charge in [0.2, 0.25) is 17.7 Å². The van der Waals surface area contributed by atoms with Crippen LogP contribution in [0.3, 0.4) is 0 Å². The molecule has 210 valence electrons. The molecule has 3 N–H and O–H groups in total. The molecule has 1 aliphatic carbocycles. The van der Waals surface area contributed by atoms with Gasteiger partial charge in [0.15, 0.2) is 0 Å². The normalized spacial score (nSPS) is 19.6. The Morgan fingerprint density at radius 3 is 2.51 bits per heavy atom. The van der Waals surface area contributed by atoms with Gasteiger partial charge in [-0.05, 0) is 67.3 Å². The summed E-state index contributed by atoms with van der Waals surface area (Å²) in [5.41, 5.74) is 8.57. The minimum Gasteiger partial charge on any atom is -0.369 e. The molecule has 1 saturated heterocycles. The van der Waals surface area contributed by atoms with Crippen molar-refractivity contribution in [2.24, 2.45) is 23.5 Å². The van der Waals surface area contributed by atoms with E-state index in [1.807, 2.05) is 48.2 Å². The number of halogens is 2. The molecule has 0 spiro atoms. The molecule has 2 fully saturated rings. The molecule has 0 aromatic heterocycles. The standard InChI is InChI=1S/C31H39Cl2N3O3/c1-2-7-25(29(34)37)26(17-20-8-5-9-20)30(38)35-28-12-3-4-15-36(31(28)39)19-21-10-6-11-22(16-21)24-14-13-23(32)18-27(24)33/h6,10-11,13-14,16,18,20,25-26,28H,2-5,7-9,12,15,17,19H2,1H3,(H2,34,37)(H,35,38)/t25-,26+,28-/m0/s1. The first-order chi connectivity index (χ1) is 18.8. The van der Waals surface area contributed by atoms with E-state index in [0.29, 0.717) is 48.3 Å². The van der Waals surface area contributed by atoms with Gasteiger partial charge in [0, 0.05) is 40.5 Å². The van der Waals surface area contributed by atoms with Gasteiger partial charge < -0.3 is 16.0 Å². The lowest BCUT2D eigenvalue weighted by Crippen LogP contribution is -2.51. The molecule has 6 nitrogen and oxygen atoms in total. The van der Waals surface area contributed by atoms with Crippen LogP contribution < -0.4 is 11.1 Å². The number of nitrogens with zero attached hydrogens (tertiary/aromatic N) is 1. The highest BCUT2D eigenvalue weighted by molar-refractivity contribution is 6.36. The van der Waals surface area contributed by atoms with Crippen LogP contribution in [0.2, 0.25) is 10.0 Å². The second kappa shape index (κ2) is 13.7. The zero-order chi connectivity index (χ0) is 27.9. The molecule has 3 amide bonds. The third kappa shape index (κ3) is 7.55. The Morgan fingerprint density at radius 2 is 1.85 bits per heavy atom. The van der Waals surface area contributed by atoms with E-state index >= 15 is 0 Å². The van der Waals surface area contributed by atoms with Crippen molar-refractivity contribution < 1.29 is 14.4 Å². The van der Waals surface area contributed by atoms with E-state index in [1.54, 1.807) is 6.07 Å². The minimum atomic E-state index is -0.604. The van der Waals surface area contributed by atoms with Crippen molar-refractivity contribution in [2.75, 3.05) is 6.54 Å². The molecular formula is C31H39Cl2N3O3. The predicted molar refractivity (Wildman–Crippen MR) is 156 cm³/mol. The van der Waals surface area contributed by atoms with Gasteiger partial charge >= 0.3 is 0 Å². The van der Waals surface area contributed by atoms with Gasteiger partial charge in [0.05, 0.1) is 0 Å². The fourth-order valence-electron chi connectivity index (χ4n) is 5.85. The van der Waals surface area contributed by atoms with Gasteiger partial charge in [-0.15, -0.1) is 0 Å². The first-order valence-electron chi connectivity index (χ1n) is 14.2. The number of nitrogens with two attached hydrogens (primary N) is 1. The highest BCUT2D eigenvalue weighted by atomic mass is 35.5. The van der Waals surface area contributed by atoms with Crippen LogP contribution in [0.15, 0.2) is 42.5 Å². The van der Waals surface area contributed by atoms with Gasteiger partial charge in [-0.25, -0.2) is 0 Å². The maximum Gasteiger partial charge on any atom is 0.245 e. The molecule has 8 heteroatoms. The molecular weight excluding hydrogens is 533 g/mol.